The van der Waals surface area contributed by atoms with E-state index in [2.05, 4.69) is 41.1 Å². The number of aliphatic hydroxyl groups excluding tert-OH is 1. The van der Waals surface area contributed by atoms with Crippen LogP contribution < -0.4 is 9.64 Å². The number of benzene rings is 2. The minimum Gasteiger partial charge on any atom is -0.491 e. The van der Waals surface area contributed by atoms with Crippen LogP contribution in [0.4, 0.5) is 5.69 Å². The summed E-state index contributed by atoms with van der Waals surface area (Å²) in [7, 11) is 2.12. The van der Waals surface area contributed by atoms with Gasteiger partial charge in [0, 0.05) is 38.9 Å². The molecule has 0 amide bonds. The summed E-state index contributed by atoms with van der Waals surface area (Å²) in [5.41, 5.74) is 2.59. The van der Waals surface area contributed by atoms with E-state index in [1.54, 1.807) is 0 Å². The number of rotatable bonds is 5. The lowest BCUT2D eigenvalue weighted by atomic mass is 10.1. The van der Waals surface area contributed by atoms with Gasteiger partial charge in [0.2, 0.25) is 0 Å². The molecule has 1 aliphatic rings. The van der Waals surface area contributed by atoms with E-state index >= 15 is 0 Å². The number of anilines is 1. The highest BCUT2D eigenvalue weighted by Gasteiger charge is 2.19. The fraction of sp³-hybridized carbons (Fsp3) is 0.368. The van der Waals surface area contributed by atoms with Gasteiger partial charge in [-0.1, -0.05) is 36.4 Å². The van der Waals surface area contributed by atoms with Gasteiger partial charge in [-0.05, 0) is 23.8 Å². The highest BCUT2D eigenvalue weighted by molar-refractivity contribution is 5.53. The SMILES string of the molecule is CN1CCN(C[C@H](O)COc2ccccc2)Cc2ccccc21. The van der Waals surface area contributed by atoms with Gasteiger partial charge >= 0.3 is 0 Å². The molecule has 122 valence electrons. The monoisotopic (exact) mass is 312 g/mol. The van der Waals surface area contributed by atoms with E-state index in [4.69, 9.17) is 4.74 Å². The molecule has 4 heteroatoms. The summed E-state index contributed by atoms with van der Waals surface area (Å²) >= 11 is 0. The van der Waals surface area contributed by atoms with Gasteiger partial charge in [0.15, 0.2) is 0 Å². The van der Waals surface area contributed by atoms with Gasteiger partial charge in [0.05, 0.1) is 0 Å². The average molecular weight is 312 g/mol. The van der Waals surface area contributed by atoms with Crippen LogP contribution >= 0.6 is 0 Å². The van der Waals surface area contributed by atoms with Crippen LogP contribution in [-0.4, -0.2) is 49.4 Å². The lowest BCUT2D eigenvalue weighted by Crippen LogP contribution is -2.37. The van der Waals surface area contributed by atoms with Crippen LogP contribution in [0.25, 0.3) is 0 Å². The molecule has 2 aromatic rings. The first-order valence-corrected chi connectivity index (χ1v) is 8.09. The van der Waals surface area contributed by atoms with Gasteiger partial charge < -0.3 is 14.7 Å². The number of hydrogen-bond acceptors (Lipinski definition) is 4. The number of para-hydroxylation sites is 2. The second-order valence-corrected chi connectivity index (χ2v) is 6.06. The van der Waals surface area contributed by atoms with Crippen molar-refractivity contribution in [1.82, 2.24) is 4.90 Å². The number of likely N-dealkylation sites (N-methyl/N-ethyl adjacent to an activating group) is 1. The van der Waals surface area contributed by atoms with E-state index in [1.165, 1.54) is 11.3 Å². The molecule has 0 saturated carbocycles. The van der Waals surface area contributed by atoms with Crippen molar-refractivity contribution in [2.45, 2.75) is 12.6 Å². The Bertz CT molecular complexity index is 618. The van der Waals surface area contributed by atoms with Crippen molar-refractivity contribution in [3.05, 3.63) is 60.2 Å². The van der Waals surface area contributed by atoms with Crippen molar-refractivity contribution in [3.63, 3.8) is 0 Å². The van der Waals surface area contributed by atoms with Crippen LogP contribution in [0.2, 0.25) is 0 Å². The van der Waals surface area contributed by atoms with Gasteiger partial charge in [-0.15, -0.1) is 0 Å². The normalized spacial score (nSPS) is 16.5. The van der Waals surface area contributed by atoms with Gasteiger partial charge in [0.1, 0.15) is 18.5 Å². The zero-order valence-electron chi connectivity index (χ0n) is 13.6. The maximum absolute atomic E-state index is 10.3. The molecule has 1 atom stereocenters. The Morgan fingerprint density at radius 3 is 2.61 bits per heavy atom. The summed E-state index contributed by atoms with van der Waals surface area (Å²) in [6.45, 7) is 3.70. The molecule has 0 saturated heterocycles. The maximum atomic E-state index is 10.3. The van der Waals surface area contributed by atoms with Crippen LogP contribution in [0.5, 0.6) is 5.75 Å². The van der Waals surface area contributed by atoms with Crippen molar-refractivity contribution >= 4 is 5.69 Å². The Balaban J connectivity index is 1.56. The molecule has 0 aliphatic carbocycles. The van der Waals surface area contributed by atoms with Crippen molar-refractivity contribution in [2.24, 2.45) is 0 Å². The Hall–Kier alpha value is -2.04. The molecule has 0 bridgehead atoms. The first-order valence-electron chi connectivity index (χ1n) is 8.09. The predicted octanol–water partition coefficient (Wildman–Crippen LogP) is 2.38. The molecule has 1 aliphatic heterocycles. The average Bonchev–Trinajstić information content (AvgIpc) is 2.74. The van der Waals surface area contributed by atoms with E-state index in [-0.39, 0.29) is 0 Å². The van der Waals surface area contributed by atoms with Crippen molar-refractivity contribution in [3.8, 4) is 5.75 Å². The Kier molecular flexibility index (Phi) is 5.16. The molecule has 0 unspecified atom stereocenters. The maximum Gasteiger partial charge on any atom is 0.119 e. The van der Waals surface area contributed by atoms with Crippen molar-refractivity contribution in [1.29, 1.82) is 0 Å². The molecule has 1 heterocycles. The van der Waals surface area contributed by atoms with Gasteiger partial charge in [0.25, 0.3) is 0 Å². The fourth-order valence-corrected chi connectivity index (χ4v) is 2.96. The molecule has 3 rings (SSSR count). The van der Waals surface area contributed by atoms with Gasteiger partial charge in [-0.3, -0.25) is 4.90 Å². The van der Waals surface area contributed by atoms with E-state index in [0.717, 1.165) is 25.4 Å². The number of hydrogen-bond donors (Lipinski definition) is 1. The zero-order chi connectivity index (χ0) is 16.1. The topological polar surface area (TPSA) is 35.9 Å². The Morgan fingerprint density at radius 1 is 1.04 bits per heavy atom. The van der Waals surface area contributed by atoms with Crippen LogP contribution in [0.3, 0.4) is 0 Å². The Labute approximate surface area is 137 Å². The largest absolute Gasteiger partial charge is 0.491 e. The fourth-order valence-electron chi connectivity index (χ4n) is 2.96. The number of β-amino-alcohol motifs (C(OH)–C–C–N with tert-alkyl or cyclic N) is 1. The van der Waals surface area contributed by atoms with Gasteiger partial charge in [-0.25, -0.2) is 0 Å². The highest BCUT2D eigenvalue weighted by atomic mass is 16.5. The number of ether oxygens (including phenoxy) is 1. The number of nitrogens with zero attached hydrogens (tertiary/aromatic N) is 2. The summed E-state index contributed by atoms with van der Waals surface area (Å²) in [5.74, 6) is 0.799. The van der Waals surface area contributed by atoms with E-state index in [0.29, 0.717) is 13.2 Å². The minimum absolute atomic E-state index is 0.317. The van der Waals surface area contributed by atoms with Crippen LogP contribution in [-0.2, 0) is 6.54 Å². The quantitative estimate of drug-likeness (QED) is 0.919. The smallest absolute Gasteiger partial charge is 0.119 e. The second kappa shape index (κ2) is 7.49. The standard InChI is InChI=1S/C19H24N2O2/c1-20-11-12-21(13-16-7-5-6-10-19(16)20)14-17(22)15-23-18-8-3-2-4-9-18/h2-10,17,22H,11-15H2,1H3/t17-/m0/s1. The predicted molar refractivity (Wildman–Crippen MR) is 92.9 cm³/mol. The summed E-state index contributed by atoms with van der Waals surface area (Å²) in [6, 6.07) is 18.1. The van der Waals surface area contributed by atoms with Crippen LogP contribution in [0, 0.1) is 0 Å². The lowest BCUT2D eigenvalue weighted by Gasteiger charge is -2.23. The van der Waals surface area contributed by atoms with E-state index < -0.39 is 6.10 Å². The first kappa shape index (κ1) is 15.8. The molecule has 1 N–H and O–H groups in total. The molecular weight excluding hydrogens is 288 g/mol. The molecule has 0 aromatic heterocycles. The van der Waals surface area contributed by atoms with E-state index in [9.17, 15) is 5.11 Å². The number of fused-ring (bicyclic) bond motifs is 1. The first-order chi connectivity index (χ1) is 11.2. The third-order valence-electron chi connectivity index (χ3n) is 4.20. The van der Waals surface area contributed by atoms with Crippen LogP contribution in [0.15, 0.2) is 54.6 Å². The molecule has 2 aromatic carbocycles. The zero-order valence-corrected chi connectivity index (χ0v) is 13.6. The van der Waals surface area contributed by atoms with Gasteiger partial charge in [-0.2, -0.15) is 0 Å². The summed E-state index contributed by atoms with van der Waals surface area (Å²) < 4.78 is 5.64. The summed E-state index contributed by atoms with van der Waals surface area (Å²) in [5, 5.41) is 10.3. The number of aliphatic hydroxyl groups is 1. The molecular formula is C19H24N2O2. The Morgan fingerprint density at radius 2 is 1.78 bits per heavy atom. The summed E-state index contributed by atoms with van der Waals surface area (Å²) in [4.78, 5) is 4.57. The molecule has 23 heavy (non-hydrogen) atoms. The molecule has 0 spiro atoms. The molecule has 4 nitrogen and oxygen atoms in total. The van der Waals surface area contributed by atoms with Crippen molar-refractivity contribution in [2.75, 3.05) is 38.2 Å². The van der Waals surface area contributed by atoms with Crippen molar-refractivity contribution < 1.29 is 9.84 Å². The third-order valence-corrected chi connectivity index (χ3v) is 4.20. The minimum atomic E-state index is -0.495. The molecule has 0 fully saturated rings. The third kappa shape index (κ3) is 4.24. The molecule has 0 radical (unpaired) electrons. The second-order valence-electron chi connectivity index (χ2n) is 6.06. The van der Waals surface area contributed by atoms with E-state index in [1.807, 2.05) is 30.3 Å². The highest BCUT2D eigenvalue weighted by Crippen LogP contribution is 2.23. The van der Waals surface area contributed by atoms with Crippen LogP contribution in [0.1, 0.15) is 5.56 Å². The lowest BCUT2D eigenvalue weighted by molar-refractivity contribution is 0.0673. The summed E-state index contributed by atoms with van der Waals surface area (Å²) in [6.07, 6.45) is -0.495.